The molecule has 0 amide bonds. The topological polar surface area (TPSA) is 30.5 Å². The maximum absolute atomic E-state index is 6.04. The van der Waals surface area contributed by atoms with Crippen LogP contribution in [-0.2, 0) is 13.2 Å². The molecule has 0 bridgehead atoms. The molecule has 0 aliphatic carbocycles. The highest BCUT2D eigenvalue weighted by molar-refractivity contribution is 6.30. The number of hydrogen-bond donors (Lipinski definition) is 1. The van der Waals surface area contributed by atoms with E-state index in [1.807, 2.05) is 55.5 Å². The Hall–Kier alpha value is -1.97. The Bertz CT molecular complexity index is 626. The minimum absolute atomic E-state index is 0.468. The van der Waals surface area contributed by atoms with Gasteiger partial charge in [-0.25, -0.2) is 0 Å². The van der Waals surface area contributed by atoms with Crippen molar-refractivity contribution in [2.45, 2.75) is 20.1 Å². The summed E-state index contributed by atoms with van der Waals surface area (Å²) in [5.74, 6) is 1.54. The summed E-state index contributed by atoms with van der Waals surface area (Å²) in [7, 11) is 0. The van der Waals surface area contributed by atoms with E-state index in [9.17, 15) is 0 Å². The van der Waals surface area contributed by atoms with Crippen LogP contribution in [0.4, 0.5) is 0 Å². The van der Waals surface area contributed by atoms with Gasteiger partial charge in [0.05, 0.1) is 6.61 Å². The summed E-state index contributed by atoms with van der Waals surface area (Å²) in [5, 5.41) is 4.02. The smallest absolute Gasteiger partial charge is 0.166 e. The summed E-state index contributed by atoms with van der Waals surface area (Å²) in [5.41, 5.74) is 2.12. The average molecular weight is 332 g/mol. The molecular weight excluding hydrogens is 310 g/mol. The van der Waals surface area contributed by atoms with Crippen LogP contribution < -0.4 is 14.8 Å². The van der Waals surface area contributed by atoms with Crippen molar-refractivity contribution in [2.75, 3.05) is 13.2 Å². The van der Waals surface area contributed by atoms with Gasteiger partial charge in [0.1, 0.15) is 6.61 Å². The van der Waals surface area contributed by atoms with Crippen LogP contribution in [0.25, 0.3) is 0 Å². The van der Waals surface area contributed by atoms with Crippen LogP contribution in [0.15, 0.2) is 55.1 Å². The summed E-state index contributed by atoms with van der Waals surface area (Å²) in [6, 6.07) is 13.6. The van der Waals surface area contributed by atoms with Crippen LogP contribution in [0, 0.1) is 0 Å². The lowest BCUT2D eigenvalue weighted by atomic mass is 10.1. The molecule has 2 aromatic carbocycles. The molecule has 0 fully saturated rings. The van der Waals surface area contributed by atoms with Gasteiger partial charge in [-0.2, -0.15) is 0 Å². The molecule has 0 unspecified atom stereocenters. The van der Waals surface area contributed by atoms with Crippen LogP contribution in [0.2, 0.25) is 5.02 Å². The number of ether oxygens (including phenoxy) is 2. The lowest BCUT2D eigenvalue weighted by molar-refractivity contribution is 0.266. The number of hydrogen-bond acceptors (Lipinski definition) is 3. The van der Waals surface area contributed by atoms with E-state index in [1.165, 1.54) is 0 Å². The molecule has 0 aliphatic rings. The zero-order valence-electron chi connectivity index (χ0n) is 13.3. The van der Waals surface area contributed by atoms with Crippen molar-refractivity contribution in [1.82, 2.24) is 5.32 Å². The molecule has 0 aliphatic heterocycles. The van der Waals surface area contributed by atoms with E-state index in [2.05, 4.69) is 11.9 Å². The summed E-state index contributed by atoms with van der Waals surface area (Å²) in [6.45, 7) is 8.19. The molecule has 2 rings (SSSR count). The monoisotopic (exact) mass is 331 g/mol. The summed E-state index contributed by atoms with van der Waals surface area (Å²) >= 11 is 5.91. The molecular formula is C19H22ClNO2. The number of rotatable bonds is 9. The normalized spacial score (nSPS) is 10.3. The van der Waals surface area contributed by atoms with Gasteiger partial charge in [-0.3, -0.25) is 0 Å². The fourth-order valence-electron chi connectivity index (χ4n) is 2.18. The first kappa shape index (κ1) is 17.4. The van der Waals surface area contributed by atoms with Gasteiger partial charge in [-0.15, -0.1) is 6.58 Å². The van der Waals surface area contributed by atoms with Crippen molar-refractivity contribution < 1.29 is 9.47 Å². The minimum Gasteiger partial charge on any atom is -0.490 e. The predicted molar refractivity (Wildman–Crippen MR) is 95.3 cm³/mol. The Kier molecular flexibility index (Phi) is 6.98. The van der Waals surface area contributed by atoms with Crippen molar-refractivity contribution in [3.8, 4) is 11.5 Å². The van der Waals surface area contributed by atoms with Crippen molar-refractivity contribution in [2.24, 2.45) is 0 Å². The SMILES string of the molecule is C=CCNCc1cccc(OCC)c1OCc1ccc(Cl)cc1. The van der Waals surface area contributed by atoms with Crippen molar-refractivity contribution in [3.05, 3.63) is 71.3 Å². The summed E-state index contributed by atoms with van der Waals surface area (Å²) in [6.07, 6.45) is 1.83. The maximum Gasteiger partial charge on any atom is 0.166 e. The fourth-order valence-corrected chi connectivity index (χ4v) is 2.30. The van der Waals surface area contributed by atoms with Crippen LogP contribution in [0.5, 0.6) is 11.5 Å². The van der Waals surface area contributed by atoms with Crippen LogP contribution in [0.3, 0.4) is 0 Å². The molecule has 0 radical (unpaired) electrons. The van der Waals surface area contributed by atoms with E-state index in [0.717, 1.165) is 34.2 Å². The Labute approximate surface area is 142 Å². The summed E-state index contributed by atoms with van der Waals surface area (Å²) < 4.78 is 11.7. The van der Waals surface area contributed by atoms with Gasteiger partial charge < -0.3 is 14.8 Å². The molecule has 3 nitrogen and oxygen atoms in total. The molecule has 2 aromatic rings. The third-order valence-corrected chi connectivity index (χ3v) is 3.51. The van der Waals surface area contributed by atoms with Crippen LogP contribution in [0.1, 0.15) is 18.1 Å². The minimum atomic E-state index is 0.468. The van der Waals surface area contributed by atoms with Gasteiger partial charge in [0.2, 0.25) is 0 Å². The van der Waals surface area contributed by atoms with E-state index in [4.69, 9.17) is 21.1 Å². The van der Waals surface area contributed by atoms with Gasteiger partial charge in [0, 0.05) is 23.7 Å². The first-order valence-corrected chi connectivity index (χ1v) is 8.06. The Morgan fingerprint density at radius 3 is 2.61 bits per heavy atom. The van der Waals surface area contributed by atoms with Gasteiger partial charge in [0.25, 0.3) is 0 Å². The lowest BCUT2D eigenvalue weighted by Crippen LogP contribution is -2.14. The number of nitrogens with one attached hydrogen (secondary N) is 1. The first-order valence-electron chi connectivity index (χ1n) is 7.68. The lowest BCUT2D eigenvalue weighted by Gasteiger charge is -2.16. The molecule has 0 spiro atoms. The van der Waals surface area contributed by atoms with Crippen molar-refractivity contribution in [3.63, 3.8) is 0 Å². The van der Waals surface area contributed by atoms with E-state index in [-0.39, 0.29) is 0 Å². The van der Waals surface area contributed by atoms with E-state index < -0.39 is 0 Å². The molecule has 0 aromatic heterocycles. The third kappa shape index (κ3) is 5.31. The second-order valence-corrected chi connectivity index (χ2v) is 5.45. The molecule has 0 atom stereocenters. The number of halogens is 1. The zero-order chi connectivity index (χ0) is 16.5. The maximum atomic E-state index is 6.04. The standard InChI is InChI=1S/C19H22ClNO2/c1-3-12-21-13-16-6-5-7-18(22-4-2)19(16)23-14-15-8-10-17(20)11-9-15/h3,5-11,21H,1,4,12-14H2,2H3. The molecule has 0 saturated carbocycles. The zero-order valence-corrected chi connectivity index (χ0v) is 14.1. The Morgan fingerprint density at radius 2 is 1.91 bits per heavy atom. The fraction of sp³-hybridized carbons (Fsp3) is 0.263. The number of benzene rings is 2. The molecule has 0 saturated heterocycles. The van der Waals surface area contributed by atoms with E-state index in [1.54, 1.807) is 0 Å². The predicted octanol–water partition coefficient (Wildman–Crippen LogP) is 4.59. The Balaban J connectivity index is 2.15. The third-order valence-electron chi connectivity index (χ3n) is 3.26. The van der Waals surface area contributed by atoms with Gasteiger partial charge >= 0.3 is 0 Å². The number of para-hydroxylation sites is 1. The van der Waals surface area contributed by atoms with E-state index >= 15 is 0 Å². The van der Waals surface area contributed by atoms with Crippen molar-refractivity contribution in [1.29, 1.82) is 0 Å². The molecule has 4 heteroatoms. The molecule has 122 valence electrons. The van der Waals surface area contributed by atoms with Gasteiger partial charge in [-0.1, -0.05) is 41.9 Å². The van der Waals surface area contributed by atoms with E-state index in [0.29, 0.717) is 19.8 Å². The quantitative estimate of drug-likeness (QED) is 0.538. The summed E-state index contributed by atoms with van der Waals surface area (Å²) in [4.78, 5) is 0. The molecule has 0 heterocycles. The van der Waals surface area contributed by atoms with Crippen LogP contribution in [-0.4, -0.2) is 13.2 Å². The van der Waals surface area contributed by atoms with Gasteiger partial charge in [0.15, 0.2) is 11.5 Å². The van der Waals surface area contributed by atoms with Gasteiger partial charge in [-0.05, 0) is 30.7 Å². The second kappa shape index (κ2) is 9.23. The highest BCUT2D eigenvalue weighted by Gasteiger charge is 2.11. The molecule has 1 N–H and O–H groups in total. The second-order valence-electron chi connectivity index (χ2n) is 5.01. The highest BCUT2D eigenvalue weighted by atomic mass is 35.5. The Morgan fingerprint density at radius 1 is 1.13 bits per heavy atom. The highest BCUT2D eigenvalue weighted by Crippen LogP contribution is 2.32. The average Bonchev–Trinajstić information content (AvgIpc) is 2.56. The molecule has 23 heavy (non-hydrogen) atoms. The largest absolute Gasteiger partial charge is 0.490 e. The van der Waals surface area contributed by atoms with Crippen molar-refractivity contribution >= 4 is 11.6 Å². The first-order chi connectivity index (χ1) is 11.2. The van der Waals surface area contributed by atoms with Crippen LogP contribution >= 0.6 is 11.6 Å².